The molecule has 7 heteroatoms. The monoisotopic (exact) mass is 369 g/mol. The second-order valence-corrected chi connectivity index (χ2v) is 6.46. The summed E-state index contributed by atoms with van der Waals surface area (Å²) in [5, 5.41) is 3.12. The van der Waals surface area contributed by atoms with Crippen LogP contribution in [-0.4, -0.2) is 38.3 Å². The van der Waals surface area contributed by atoms with Crippen molar-refractivity contribution in [2.24, 2.45) is 10.7 Å². The lowest BCUT2D eigenvalue weighted by Crippen LogP contribution is -2.31. The molecule has 0 aliphatic carbocycles. The Labute approximate surface area is 160 Å². The molecule has 3 rings (SSSR count). The predicted octanol–water partition coefficient (Wildman–Crippen LogP) is 2.30. The number of guanidine groups is 1. The molecule has 0 unspecified atom stereocenters. The Hall–Kier alpha value is -2.96. The van der Waals surface area contributed by atoms with Gasteiger partial charge in [0.2, 0.25) is 0 Å². The van der Waals surface area contributed by atoms with Crippen molar-refractivity contribution in [2.75, 3.05) is 32.2 Å². The SMILES string of the molecule is COc1ccc(CNC(N)=NCc2ccc(N3CCCC3)nc2)cc1OC. The molecule has 7 nitrogen and oxygen atoms in total. The number of hydrogen-bond donors (Lipinski definition) is 2. The normalized spacial score (nSPS) is 14.3. The highest BCUT2D eigenvalue weighted by molar-refractivity contribution is 5.77. The summed E-state index contributed by atoms with van der Waals surface area (Å²) in [5.74, 6) is 2.83. The summed E-state index contributed by atoms with van der Waals surface area (Å²) in [5.41, 5.74) is 8.05. The van der Waals surface area contributed by atoms with Crippen LogP contribution in [0.25, 0.3) is 0 Å². The zero-order chi connectivity index (χ0) is 19.1. The van der Waals surface area contributed by atoms with E-state index in [1.54, 1.807) is 14.2 Å². The molecule has 1 aromatic heterocycles. The zero-order valence-electron chi connectivity index (χ0n) is 15.9. The number of rotatable bonds is 7. The van der Waals surface area contributed by atoms with E-state index in [0.29, 0.717) is 30.5 Å². The van der Waals surface area contributed by atoms with Gasteiger partial charge in [-0.15, -0.1) is 0 Å². The fraction of sp³-hybridized carbons (Fsp3) is 0.400. The van der Waals surface area contributed by atoms with Gasteiger partial charge in [0.1, 0.15) is 5.82 Å². The van der Waals surface area contributed by atoms with Gasteiger partial charge in [0, 0.05) is 25.8 Å². The van der Waals surface area contributed by atoms with Crippen LogP contribution in [0.1, 0.15) is 24.0 Å². The molecule has 3 N–H and O–H groups in total. The Morgan fingerprint density at radius 2 is 1.85 bits per heavy atom. The Bertz CT molecular complexity index is 770. The first-order valence-corrected chi connectivity index (χ1v) is 9.14. The molecule has 0 amide bonds. The van der Waals surface area contributed by atoms with Crippen molar-refractivity contribution in [1.82, 2.24) is 10.3 Å². The van der Waals surface area contributed by atoms with Crippen molar-refractivity contribution in [3.8, 4) is 11.5 Å². The molecule has 2 heterocycles. The van der Waals surface area contributed by atoms with E-state index in [4.69, 9.17) is 15.2 Å². The van der Waals surface area contributed by atoms with E-state index in [2.05, 4.69) is 32.3 Å². The highest BCUT2D eigenvalue weighted by atomic mass is 16.5. The van der Waals surface area contributed by atoms with Crippen molar-refractivity contribution < 1.29 is 9.47 Å². The summed E-state index contributed by atoms with van der Waals surface area (Å²) in [4.78, 5) is 11.2. The Kier molecular flexibility index (Phi) is 6.35. The van der Waals surface area contributed by atoms with Gasteiger partial charge in [-0.25, -0.2) is 9.98 Å². The fourth-order valence-electron chi connectivity index (χ4n) is 3.06. The van der Waals surface area contributed by atoms with E-state index in [1.807, 2.05) is 24.4 Å². The zero-order valence-corrected chi connectivity index (χ0v) is 15.9. The molecule has 1 aromatic carbocycles. The van der Waals surface area contributed by atoms with Crippen LogP contribution in [0.4, 0.5) is 5.82 Å². The highest BCUT2D eigenvalue weighted by Gasteiger charge is 2.12. The third-order valence-corrected chi connectivity index (χ3v) is 4.59. The molecule has 1 aliphatic heterocycles. The van der Waals surface area contributed by atoms with E-state index < -0.39 is 0 Å². The van der Waals surface area contributed by atoms with Crippen LogP contribution in [0.5, 0.6) is 11.5 Å². The number of pyridine rings is 1. The molecule has 0 radical (unpaired) electrons. The first-order valence-electron chi connectivity index (χ1n) is 9.14. The van der Waals surface area contributed by atoms with Gasteiger partial charge >= 0.3 is 0 Å². The molecule has 0 saturated carbocycles. The molecular formula is C20H27N5O2. The number of nitrogens with two attached hydrogens (primary N) is 1. The number of nitrogens with zero attached hydrogens (tertiary/aromatic N) is 3. The number of aromatic nitrogens is 1. The molecule has 0 spiro atoms. The highest BCUT2D eigenvalue weighted by Crippen LogP contribution is 2.27. The van der Waals surface area contributed by atoms with Crippen LogP contribution < -0.4 is 25.4 Å². The smallest absolute Gasteiger partial charge is 0.189 e. The van der Waals surface area contributed by atoms with Crippen LogP contribution in [0, 0.1) is 0 Å². The van der Waals surface area contributed by atoms with Crippen molar-refractivity contribution in [1.29, 1.82) is 0 Å². The number of methoxy groups -OCH3 is 2. The summed E-state index contributed by atoms with van der Waals surface area (Å²) < 4.78 is 10.6. The van der Waals surface area contributed by atoms with Crippen molar-refractivity contribution in [2.45, 2.75) is 25.9 Å². The molecular weight excluding hydrogens is 342 g/mol. The van der Waals surface area contributed by atoms with Gasteiger partial charge in [0.25, 0.3) is 0 Å². The molecule has 144 valence electrons. The lowest BCUT2D eigenvalue weighted by atomic mass is 10.2. The van der Waals surface area contributed by atoms with E-state index in [0.717, 1.165) is 30.0 Å². The third kappa shape index (κ3) is 5.03. The Morgan fingerprint density at radius 3 is 2.52 bits per heavy atom. The number of anilines is 1. The van der Waals surface area contributed by atoms with E-state index in [9.17, 15) is 0 Å². The van der Waals surface area contributed by atoms with Crippen LogP contribution in [0.2, 0.25) is 0 Å². The Balaban J connectivity index is 1.52. The average Bonchev–Trinajstić information content (AvgIpc) is 3.25. The molecule has 0 bridgehead atoms. The molecule has 27 heavy (non-hydrogen) atoms. The predicted molar refractivity (Wildman–Crippen MR) is 107 cm³/mol. The minimum atomic E-state index is 0.397. The summed E-state index contributed by atoms with van der Waals surface area (Å²) in [6, 6.07) is 9.87. The second-order valence-electron chi connectivity index (χ2n) is 6.46. The number of benzene rings is 1. The summed E-state index contributed by atoms with van der Waals surface area (Å²) in [6.45, 7) is 3.24. The van der Waals surface area contributed by atoms with Gasteiger partial charge in [0.05, 0.1) is 20.8 Å². The lowest BCUT2D eigenvalue weighted by Gasteiger charge is -2.16. The van der Waals surface area contributed by atoms with E-state index >= 15 is 0 Å². The molecule has 1 fully saturated rings. The number of nitrogens with one attached hydrogen (secondary N) is 1. The minimum Gasteiger partial charge on any atom is -0.493 e. The molecule has 1 saturated heterocycles. The maximum absolute atomic E-state index is 5.98. The molecule has 0 atom stereocenters. The minimum absolute atomic E-state index is 0.397. The fourth-order valence-corrected chi connectivity index (χ4v) is 3.06. The summed E-state index contributed by atoms with van der Waals surface area (Å²) in [7, 11) is 3.24. The second kappa shape index (κ2) is 9.12. The van der Waals surface area contributed by atoms with Gasteiger partial charge in [-0.2, -0.15) is 0 Å². The lowest BCUT2D eigenvalue weighted by molar-refractivity contribution is 0.354. The van der Waals surface area contributed by atoms with Gasteiger partial charge in [-0.05, 0) is 42.2 Å². The first kappa shape index (κ1) is 18.8. The molecule has 1 aliphatic rings. The number of ether oxygens (including phenoxy) is 2. The Morgan fingerprint density at radius 1 is 1.11 bits per heavy atom. The van der Waals surface area contributed by atoms with Crippen LogP contribution in [0.3, 0.4) is 0 Å². The largest absolute Gasteiger partial charge is 0.493 e. The topological polar surface area (TPSA) is 85.0 Å². The quantitative estimate of drug-likeness (QED) is 0.575. The maximum atomic E-state index is 5.98. The third-order valence-electron chi connectivity index (χ3n) is 4.59. The standard InChI is InChI=1S/C20H27N5O2/c1-26-17-7-5-15(11-18(17)27-2)12-23-20(21)24-14-16-6-8-19(22-13-16)25-9-3-4-10-25/h5-8,11,13H,3-4,9-10,12,14H2,1-2H3,(H3,21,23,24). The summed E-state index contributed by atoms with van der Waals surface area (Å²) in [6.07, 6.45) is 4.37. The summed E-state index contributed by atoms with van der Waals surface area (Å²) >= 11 is 0. The van der Waals surface area contributed by atoms with Crippen LogP contribution in [0.15, 0.2) is 41.5 Å². The van der Waals surface area contributed by atoms with E-state index in [-0.39, 0.29) is 0 Å². The average molecular weight is 369 g/mol. The molecule has 2 aromatic rings. The van der Waals surface area contributed by atoms with Gasteiger partial charge in [-0.3, -0.25) is 0 Å². The van der Waals surface area contributed by atoms with Gasteiger partial charge in [0.15, 0.2) is 17.5 Å². The van der Waals surface area contributed by atoms with Crippen molar-refractivity contribution >= 4 is 11.8 Å². The van der Waals surface area contributed by atoms with Gasteiger partial charge < -0.3 is 25.4 Å². The van der Waals surface area contributed by atoms with Crippen LogP contribution in [-0.2, 0) is 13.1 Å². The van der Waals surface area contributed by atoms with Gasteiger partial charge in [-0.1, -0.05) is 12.1 Å². The maximum Gasteiger partial charge on any atom is 0.189 e. The number of hydrogen-bond acceptors (Lipinski definition) is 5. The van der Waals surface area contributed by atoms with Crippen LogP contribution >= 0.6 is 0 Å². The first-order chi connectivity index (χ1) is 13.2. The van der Waals surface area contributed by atoms with Crippen molar-refractivity contribution in [3.05, 3.63) is 47.7 Å². The van der Waals surface area contributed by atoms with Crippen molar-refractivity contribution in [3.63, 3.8) is 0 Å². The number of aliphatic imine (C=N–C) groups is 1. The van der Waals surface area contributed by atoms with E-state index in [1.165, 1.54) is 12.8 Å².